The maximum absolute atomic E-state index is 13.2. The van der Waals surface area contributed by atoms with Crippen LogP contribution in [0.15, 0.2) is 53.3 Å². The van der Waals surface area contributed by atoms with Crippen molar-refractivity contribution in [3.8, 4) is 0 Å². The lowest BCUT2D eigenvalue weighted by Crippen LogP contribution is -2.32. The number of fused-ring (bicyclic) bond motifs is 1. The largest absolute Gasteiger partial charge is 0.321 e. The molecule has 0 unspecified atom stereocenters. The third-order valence-electron chi connectivity index (χ3n) is 7.29. The molecule has 2 heterocycles. The molecule has 2 aromatic heterocycles. The zero-order valence-electron chi connectivity index (χ0n) is 20.9. The lowest BCUT2D eigenvalue weighted by molar-refractivity contribution is 0.158. The first-order valence-corrected chi connectivity index (χ1v) is 12.7. The van der Waals surface area contributed by atoms with Crippen molar-refractivity contribution in [1.29, 1.82) is 0 Å². The summed E-state index contributed by atoms with van der Waals surface area (Å²) in [6.07, 6.45) is 5.54. The van der Waals surface area contributed by atoms with E-state index in [0.717, 1.165) is 47.1 Å². The number of aromatic nitrogens is 5. The van der Waals surface area contributed by atoms with Gasteiger partial charge in [-0.25, -0.2) is 4.68 Å². The second kappa shape index (κ2) is 10.1. The summed E-state index contributed by atoms with van der Waals surface area (Å²) in [6, 6.07) is 17.1. The van der Waals surface area contributed by atoms with Crippen LogP contribution in [-0.2, 0) is 13.1 Å². The van der Waals surface area contributed by atoms with E-state index in [1.54, 1.807) is 0 Å². The van der Waals surface area contributed by atoms with Crippen LogP contribution in [-0.4, -0.2) is 30.1 Å². The molecule has 2 aromatic carbocycles. The van der Waals surface area contributed by atoms with E-state index in [4.69, 9.17) is 0 Å². The van der Waals surface area contributed by atoms with Crippen LogP contribution in [0.25, 0.3) is 10.9 Å². The Kier molecular flexibility index (Phi) is 6.77. The third-order valence-corrected chi connectivity index (χ3v) is 7.29. The van der Waals surface area contributed by atoms with Crippen molar-refractivity contribution in [2.45, 2.75) is 78.0 Å². The van der Waals surface area contributed by atoms with Gasteiger partial charge in [-0.3, -0.25) is 9.69 Å². The highest BCUT2D eigenvalue weighted by Gasteiger charge is 2.29. The van der Waals surface area contributed by atoms with Gasteiger partial charge < -0.3 is 4.98 Å². The van der Waals surface area contributed by atoms with Crippen LogP contribution in [0.4, 0.5) is 0 Å². The standard InChI is InChI=1S/C28H34N6O/c1-4-25(27-30-31-32-34(27)24-12-8-9-13-24)33(17-21-10-6-5-7-11-21)18-23-16-22-15-19(2)14-20(3)26(22)29-28(23)35/h5-7,10-11,14-16,24-25H,4,8-9,12-13,17-18H2,1-3H3,(H,29,35)/t25-/m1/s1. The predicted molar refractivity (Wildman–Crippen MR) is 138 cm³/mol. The molecule has 7 nitrogen and oxygen atoms in total. The van der Waals surface area contributed by atoms with E-state index in [-0.39, 0.29) is 11.6 Å². The number of nitrogens with zero attached hydrogens (tertiary/aromatic N) is 5. The molecule has 1 saturated carbocycles. The molecule has 1 fully saturated rings. The van der Waals surface area contributed by atoms with Crippen LogP contribution in [0, 0.1) is 13.8 Å². The zero-order valence-corrected chi connectivity index (χ0v) is 20.9. The third kappa shape index (κ3) is 4.91. The summed E-state index contributed by atoms with van der Waals surface area (Å²) in [6.45, 7) is 7.54. The molecule has 1 aliphatic carbocycles. The number of benzene rings is 2. The topological polar surface area (TPSA) is 79.7 Å². The van der Waals surface area contributed by atoms with Crippen LogP contribution in [0.5, 0.6) is 0 Å². The van der Waals surface area contributed by atoms with Crippen LogP contribution >= 0.6 is 0 Å². The maximum atomic E-state index is 13.2. The molecule has 0 radical (unpaired) electrons. The summed E-state index contributed by atoms with van der Waals surface area (Å²) in [5, 5.41) is 14.1. The summed E-state index contributed by atoms with van der Waals surface area (Å²) in [4.78, 5) is 18.7. The number of aryl methyl sites for hydroxylation is 2. The van der Waals surface area contributed by atoms with Gasteiger partial charge in [0.25, 0.3) is 5.56 Å². The van der Waals surface area contributed by atoms with Crippen LogP contribution in [0.2, 0.25) is 0 Å². The normalized spacial score (nSPS) is 15.3. The van der Waals surface area contributed by atoms with Gasteiger partial charge in [-0.1, -0.05) is 61.7 Å². The molecule has 1 atom stereocenters. The van der Waals surface area contributed by atoms with Crippen LogP contribution in [0.1, 0.15) is 79.2 Å². The molecule has 0 amide bonds. The second-order valence-corrected chi connectivity index (χ2v) is 9.90. The molecule has 0 bridgehead atoms. The minimum atomic E-state index is -0.0345. The predicted octanol–water partition coefficient (Wildman–Crippen LogP) is 5.40. The molecular formula is C28H34N6O. The molecule has 0 spiro atoms. The molecule has 5 rings (SSSR count). The number of hydrogen-bond acceptors (Lipinski definition) is 5. The van der Waals surface area contributed by atoms with Gasteiger partial charge in [-0.05, 0) is 72.2 Å². The summed E-state index contributed by atoms with van der Waals surface area (Å²) in [5.74, 6) is 0.902. The van der Waals surface area contributed by atoms with Crippen LogP contribution < -0.4 is 5.56 Å². The number of rotatable bonds is 8. The van der Waals surface area contributed by atoms with Crippen molar-refractivity contribution in [2.24, 2.45) is 0 Å². The minimum Gasteiger partial charge on any atom is -0.321 e. The molecule has 0 aliphatic heterocycles. The van der Waals surface area contributed by atoms with E-state index in [9.17, 15) is 4.79 Å². The highest BCUT2D eigenvalue weighted by molar-refractivity contribution is 5.82. The van der Waals surface area contributed by atoms with E-state index < -0.39 is 0 Å². The van der Waals surface area contributed by atoms with Gasteiger partial charge >= 0.3 is 0 Å². The highest BCUT2D eigenvalue weighted by atomic mass is 16.1. The maximum Gasteiger partial charge on any atom is 0.252 e. The molecule has 4 aromatic rings. The minimum absolute atomic E-state index is 0.000138. The smallest absolute Gasteiger partial charge is 0.252 e. The monoisotopic (exact) mass is 470 g/mol. The van der Waals surface area contributed by atoms with Gasteiger partial charge in [0.15, 0.2) is 5.82 Å². The second-order valence-electron chi connectivity index (χ2n) is 9.90. The van der Waals surface area contributed by atoms with Gasteiger partial charge in [-0.15, -0.1) is 5.10 Å². The fraction of sp³-hybridized carbons (Fsp3) is 0.429. The Hall–Kier alpha value is -3.32. The quantitative estimate of drug-likeness (QED) is 0.373. The molecular weight excluding hydrogens is 436 g/mol. The Balaban J connectivity index is 1.54. The average molecular weight is 471 g/mol. The first-order chi connectivity index (χ1) is 17.0. The number of tetrazole rings is 1. The molecule has 0 saturated heterocycles. The lowest BCUT2D eigenvalue weighted by Gasteiger charge is -2.31. The number of pyridine rings is 1. The average Bonchev–Trinajstić information content (AvgIpc) is 3.53. The number of nitrogens with one attached hydrogen (secondary N) is 1. The Labute approximate surface area is 206 Å². The Morgan fingerprint density at radius 2 is 1.86 bits per heavy atom. The summed E-state index contributed by atoms with van der Waals surface area (Å²) >= 11 is 0. The van der Waals surface area contributed by atoms with Crippen molar-refractivity contribution >= 4 is 10.9 Å². The van der Waals surface area contributed by atoms with Gasteiger partial charge in [0.05, 0.1) is 17.6 Å². The van der Waals surface area contributed by atoms with E-state index in [1.165, 1.54) is 24.0 Å². The van der Waals surface area contributed by atoms with Gasteiger partial charge in [0.2, 0.25) is 0 Å². The van der Waals surface area contributed by atoms with E-state index in [1.807, 2.05) is 13.0 Å². The Bertz CT molecular complexity index is 1350. The Morgan fingerprint density at radius 3 is 2.60 bits per heavy atom. The molecule has 35 heavy (non-hydrogen) atoms. The van der Waals surface area contributed by atoms with E-state index >= 15 is 0 Å². The fourth-order valence-corrected chi connectivity index (χ4v) is 5.60. The first kappa shape index (κ1) is 23.4. The molecule has 182 valence electrons. The number of aromatic amines is 1. The SMILES string of the molecule is CC[C@H](c1nnnn1C1CCCC1)N(Cc1ccccc1)Cc1cc2cc(C)cc(C)c2[nH]c1=O. The molecule has 1 N–H and O–H groups in total. The van der Waals surface area contributed by atoms with Crippen molar-refractivity contribution < 1.29 is 0 Å². The zero-order chi connectivity index (χ0) is 24.4. The molecule has 1 aliphatic rings. The summed E-state index contributed by atoms with van der Waals surface area (Å²) < 4.78 is 2.05. The fourth-order valence-electron chi connectivity index (χ4n) is 5.60. The van der Waals surface area contributed by atoms with E-state index in [0.29, 0.717) is 19.1 Å². The highest BCUT2D eigenvalue weighted by Crippen LogP contribution is 2.33. The van der Waals surface area contributed by atoms with Crippen molar-refractivity contribution in [1.82, 2.24) is 30.1 Å². The van der Waals surface area contributed by atoms with Crippen molar-refractivity contribution in [2.75, 3.05) is 0 Å². The summed E-state index contributed by atoms with van der Waals surface area (Å²) in [5.41, 5.74) is 5.12. The summed E-state index contributed by atoms with van der Waals surface area (Å²) in [7, 11) is 0. The van der Waals surface area contributed by atoms with E-state index in [2.05, 4.69) is 86.4 Å². The lowest BCUT2D eigenvalue weighted by atomic mass is 10.0. The van der Waals surface area contributed by atoms with Gasteiger partial charge in [-0.2, -0.15) is 0 Å². The first-order valence-electron chi connectivity index (χ1n) is 12.7. The van der Waals surface area contributed by atoms with Crippen LogP contribution in [0.3, 0.4) is 0 Å². The van der Waals surface area contributed by atoms with Crippen molar-refractivity contribution in [3.63, 3.8) is 0 Å². The number of H-pyrrole nitrogens is 1. The van der Waals surface area contributed by atoms with Crippen molar-refractivity contribution in [3.05, 3.63) is 87.0 Å². The van der Waals surface area contributed by atoms with Gasteiger partial charge in [0.1, 0.15) is 0 Å². The Morgan fingerprint density at radius 1 is 1.09 bits per heavy atom. The van der Waals surface area contributed by atoms with Gasteiger partial charge in [0, 0.05) is 18.7 Å². The molecule has 7 heteroatoms. The number of hydrogen-bond donors (Lipinski definition) is 1.